The van der Waals surface area contributed by atoms with Crippen LogP contribution >= 0.6 is 0 Å². The topological polar surface area (TPSA) is 79.0 Å². The second kappa shape index (κ2) is 12.0. The van der Waals surface area contributed by atoms with Crippen LogP contribution in [0.25, 0.3) is 0 Å². The fourth-order valence-corrected chi connectivity index (χ4v) is 4.81. The molecule has 0 unspecified atom stereocenters. The van der Waals surface area contributed by atoms with Gasteiger partial charge in [0.25, 0.3) is 0 Å². The van der Waals surface area contributed by atoms with Crippen LogP contribution in [0.5, 0.6) is 5.75 Å². The molecule has 0 atom stereocenters. The van der Waals surface area contributed by atoms with E-state index < -0.39 is 10.0 Å². The number of ether oxygens (including phenoxy) is 1. The third-order valence-electron chi connectivity index (χ3n) is 5.72. The Morgan fingerprint density at radius 2 is 1.70 bits per heavy atom. The van der Waals surface area contributed by atoms with Crippen LogP contribution in [0.15, 0.2) is 48.5 Å². The normalized spacial score (nSPS) is 14.6. The van der Waals surface area contributed by atoms with Crippen LogP contribution in [0.2, 0.25) is 0 Å². The standard InChI is InChI=1S/C25H35N3O4S/c1-3-17-32-24-13-11-23(12-14-24)28(33(2,30)31)20-25(29)26-18-21-9-5-6-10-22(21)19-27-15-7-4-8-16-27/h5-6,9-14H,3-4,7-8,15-20H2,1-2H3,(H,26,29). The van der Waals surface area contributed by atoms with Gasteiger partial charge < -0.3 is 10.1 Å². The van der Waals surface area contributed by atoms with Gasteiger partial charge in [0.2, 0.25) is 15.9 Å². The van der Waals surface area contributed by atoms with E-state index >= 15 is 0 Å². The number of carbonyl (C=O) groups is 1. The van der Waals surface area contributed by atoms with E-state index in [0.29, 0.717) is 24.6 Å². The van der Waals surface area contributed by atoms with E-state index in [2.05, 4.69) is 16.3 Å². The highest BCUT2D eigenvalue weighted by Gasteiger charge is 2.21. The van der Waals surface area contributed by atoms with Crippen molar-refractivity contribution in [1.29, 1.82) is 0 Å². The number of hydrogen-bond donors (Lipinski definition) is 1. The number of rotatable bonds is 11. The third-order valence-corrected chi connectivity index (χ3v) is 6.86. The van der Waals surface area contributed by atoms with Gasteiger partial charge in [-0.15, -0.1) is 0 Å². The molecule has 0 aromatic heterocycles. The van der Waals surface area contributed by atoms with Crippen LogP contribution < -0.4 is 14.4 Å². The molecular weight excluding hydrogens is 438 g/mol. The van der Waals surface area contributed by atoms with Gasteiger partial charge in [-0.2, -0.15) is 0 Å². The molecular formula is C25H35N3O4S. The molecule has 1 aliphatic rings. The number of carbonyl (C=O) groups excluding carboxylic acids is 1. The Morgan fingerprint density at radius 1 is 1.03 bits per heavy atom. The van der Waals surface area contributed by atoms with Crippen LogP contribution in [-0.4, -0.2) is 51.7 Å². The number of hydrogen-bond acceptors (Lipinski definition) is 5. The molecule has 7 nitrogen and oxygen atoms in total. The third kappa shape index (κ3) is 7.75. The summed E-state index contributed by atoms with van der Waals surface area (Å²) >= 11 is 0. The summed E-state index contributed by atoms with van der Waals surface area (Å²) in [6.07, 6.45) is 5.74. The van der Waals surface area contributed by atoms with Crippen molar-refractivity contribution < 1.29 is 17.9 Å². The van der Waals surface area contributed by atoms with Crippen LogP contribution in [0.1, 0.15) is 43.7 Å². The van der Waals surface area contributed by atoms with Gasteiger partial charge in [0.15, 0.2) is 0 Å². The summed E-state index contributed by atoms with van der Waals surface area (Å²) in [6, 6.07) is 14.9. The quantitative estimate of drug-likeness (QED) is 0.540. The summed E-state index contributed by atoms with van der Waals surface area (Å²) in [7, 11) is -3.63. The van der Waals surface area contributed by atoms with Gasteiger partial charge >= 0.3 is 0 Å². The Balaban J connectivity index is 1.62. The zero-order valence-corrected chi connectivity index (χ0v) is 20.4. The van der Waals surface area contributed by atoms with Gasteiger partial charge in [0.05, 0.1) is 18.6 Å². The minimum Gasteiger partial charge on any atom is -0.494 e. The monoisotopic (exact) mass is 473 g/mol. The summed E-state index contributed by atoms with van der Waals surface area (Å²) in [4.78, 5) is 15.2. The predicted molar refractivity (Wildman–Crippen MR) is 132 cm³/mol. The Hall–Kier alpha value is -2.58. The fourth-order valence-electron chi connectivity index (χ4n) is 3.95. The molecule has 8 heteroatoms. The molecule has 1 saturated heterocycles. The van der Waals surface area contributed by atoms with Crippen LogP contribution in [0.4, 0.5) is 5.69 Å². The number of likely N-dealkylation sites (tertiary alicyclic amines) is 1. The molecule has 180 valence electrons. The molecule has 2 aromatic carbocycles. The average molecular weight is 474 g/mol. The first-order valence-electron chi connectivity index (χ1n) is 11.6. The van der Waals surface area contributed by atoms with Crippen molar-refractivity contribution in [2.45, 2.75) is 45.7 Å². The highest BCUT2D eigenvalue weighted by molar-refractivity contribution is 7.92. The molecule has 1 amide bonds. The Labute approximate surface area is 197 Å². The van der Waals surface area contributed by atoms with Crippen molar-refractivity contribution in [3.63, 3.8) is 0 Å². The number of nitrogens with zero attached hydrogens (tertiary/aromatic N) is 2. The molecule has 0 saturated carbocycles. The van der Waals surface area contributed by atoms with Crippen LogP contribution in [0.3, 0.4) is 0 Å². The van der Waals surface area contributed by atoms with E-state index in [1.807, 2.05) is 25.1 Å². The molecule has 1 fully saturated rings. The minimum absolute atomic E-state index is 0.276. The van der Waals surface area contributed by atoms with Gasteiger partial charge in [-0.05, 0) is 67.7 Å². The molecule has 33 heavy (non-hydrogen) atoms. The summed E-state index contributed by atoms with van der Waals surface area (Å²) in [5.41, 5.74) is 2.68. The average Bonchev–Trinajstić information content (AvgIpc) is 2.81. The van der Waals surface area contributed by atoms with Gasteiger partial charge in [0, 0.05) is 13.1 Å². The first kappa shape index (κ1) is 25.1. The fraction of sp³-hybridized carbons (Fsp3) is 0.480. The molecule has 1 N–H and O–H groups in total. The van der Waals surface area contributed by atoms with E-state index in [0.717, 1.165) is 42.2 Å². The highest BCUT2D eigenvalue weighted by atomic mass is 32.2. The van der Waals surface area contributed by atoms with E-state index in [1.54, 1.807) is 24.3 Å². The molecule has 0 radical (unpaired) electrons. The zero-order valence-electron chi connectivity index (χ0n) is 19.6. The lowest BCUT2D eigenvalue weighted by atomic mass is 10.0. The zero-order chi connectivity index (χ0) is 23.7. The van der Waals surface area contributed by atoms with E-state index in [1.165, 1.54) is 24.8 Å². The number of benzene rings is 2. The summed E-state index contributed by atoms with van der Waals surface area (Å²) < 4.78 is 31.4. The summed E-state index contributed by atoms with van der Waals surface area (Å²) in [5.74, 6) is 0.323. The maximum atomic E-state index is 12.7. The smallest absolute Gasteiger partial charge is 0.241 e. The maximum Gasteiger partial charge on any atom is 0.241 e. The minimum atomic E-state index is -3.63. The largest absolute Gasteiger partial charge is 0.494 e. The summed E-state index contributed by atoms with van der Waals surface area (Å²) in [5, 5.41) is 2.90. The second-order valence-corrected chi connectivity index (χ2v) is 10.4. The van der Waals surface area contributed by atoms with Gasteiger partial charge in [-0.25, -0.2) is 8.42 Å². The Morgan fingerprint density at radius 3 is 2.33 bits per heavy atom. The highest BCUT2D eigenvalue weighted by Crippen LogP contribution is 2.22. The van der Waals surface area contributed by atoms with Gasteiger partial charge in [-0.3, -0.25) is 14.0 Å². The lowest BCUT2D eigenvalue weighted by molar-refractivity contribution is -0.119. The van der Waals surface area contributed by atoms with E-state index in [-0.39, 0.29) is 12.5 Å². The van der Waals surface area contributed by atoms with E-state index in [9.17, 15) is 13.2 Å². The SMILES string of the molecule is CCCOc1ccc(N(CC(=O)NCc2ccccc2CN2CCCCC2)S(C)(=O)=O)cc1. The molecule has 0 aliphatic carbocycles. The first-order chi connectivity index (χ1) is 15.9. The van der Waals surface area contributed by atoms with Gasteiger partial charge in [0.1, 0.15) is 12.3 Å². The first-order valence-corrected chi connectivity index (χ1v) is 13.5. The van der Waals surface area contributed by atoms with Crippen LogP contribution in [0, 0.1) is 0 Å². The number of piperidine rings is 1. The molecule has 3 rings (SSSR count). The Kier molecular flexibility index (Phi) is 9.14. The van der Waals surface area contributed by atoms with Crippen molar-refractivity contribution in [2.24, 2.45) is 0 Å². The number of nitrogens with one attached hydrogen (secondary N) is 1. The molecule has 1 aliphatic heterocycles. The maximum absolute atomic E-state index is 12.7. The number of anilines is 1. The van der Waals surface area contributed by atoms with Crippen molar-refractivity contribution in [2.75, 3.05) is 36.8 Å². The van der Waals surface area contributed by atoms with Crippen molar-refractivity contribution in [3.8, 4) is 5.75 Å². The van der Waals surface area contributed by atoms with Gasteiger partial charge in [-0.1, -0.05) is 37.6 Å². The van der Waals surface area contributed by atoms with E-state index in [4.69, 9.17) is 4.74 Å². The summed E-state index contributed by atoms with van der Waals surface area (Å²) in [6.45, 7) is 5.78. The second-order valence-electron chi connectivity index (χ2n) is 8.49. The van der Waals surface area contributed by atoms with Crippen LogP contribution in [-0.2, 0) is 27.9 Å². The van der Waals surface area contributed by atoms with Crippen molar-refractivity contribution >= 4 is 21.6 Å². The van der Waals surface area contributed by atoms with Crippen molar-refractivity contribution in [3.05, 3.63) is 59.7 Å². The number of sulfonamides is 1. The molecule has 1 heterocycles. The lowest BCUT2D eigenvalue weighted by Gasteiger charge is -2.27. The molecule has 2 aromatic rings. The number of amides is 1. The predicted octanol–water partition coefficient (Wildman–Crippen LogP) is 3.54. The van der Waals surface area contributed by atoms with Crippen molar-refractivity contribution in [1.82, 2.24) is 10.2 Å². The molecule has 0 bridgehead atoms. The lowest BCUT2D eigenvalue weighted by Crippen LogP contribution is -2.40. The Bertz CT molecular complexity index is 1000. The molecule has 0 spiro atoms.